The van der Waals surface area contributed by atoms with Crippen LogP contribution in [0.25, 0.3) is 10.8 Å². The molecule has 24 heavy (non-hydrogen) atoms. The Bertz CT molecular complexity index is 687. The summed E-state index contributed by atoms with van der Waals surface area (Å²) in [4.78, 5) is 23.1. The summed E-state index contributed by atoms with van der Waals surface area (Å²) in [6.45, 7) is 2.06. The number of hydrogen-bond donors (Lipinski definition) is 1. The summed E-state index contributed by atoms with van der Waals surface area (Å²) < 4.78 is 0. The van der Waals surface area contributed by atoms with Crippen LogP contribution in [0.5, 0.6) is 0 Å². The summed E-state index contributed by atoms with van der Waals surface area (Å²) in [5.41, 5.74) is 0.867. The quantitative estimate of drug-likeness (QED) is 0.507. The van der Waals surface area contributed by atoms with Crippen LogP contribution in [0.1, 0.15) is 38.2 Å². The maximum atomic E-state index is 11.8. The zero-order valence-electron chi connectivity index (χ0n) is 14.4. The number of carbonyl (C=O) groups excluding carboxylic acids is 2. The minimum absolute atomic E-state index is 0. The molecule has 0 aliphatic carbocycles. The number of nitrogens with one attached hydrogen (secondary N) is 1. The molecule has 0 aliphatic rings. The molecule has 0 aliphatic heterocycles. The van der Waals surface area contributed by atoms with Crippen LogP contribution in [0.4, 0.5) is 0 Å². The van der Waals surface area contributed by atoms with E-state index in [2.05, 4.69) is 12.2 Å². The Balaban J connectivity index is 0.00000288. The van der Waals surface area contributed by atoms with Gasteiger partial charge in [0.05, 0.1) is 12.0 Å². The van der Waals surface area contributed by atoms with Crippen molar-refractivity contribution in [2.24, 2.45) is 0 Å². The van der Waals surface area contributed by atoms with Crippen molar-refractivity contribution in [2.75, 3.05) is 0 Å². The molecular weight excluding hydrogens is 313 g/mol. The fourth-order valence-corrected chi connectivity index (χ4v) is 2.60. The number of rotatable bonds is 8. The van der Waals surface area contributed by atoms with Crippen LogP contribution in [0.3, 0.4) is 0 Å². The minimum atomic E-state index is -1.25. The molecular formula is C19H22NNaO3. The number of carboxylic acids is 1. The molecule has 4 nitrogen and oxygen atoms in total. The Kier molecular flexibility index (Phi) is 9.04. The smallest absolute Gasteiger partial charge is 0.548 e. The van der Waals surface area contributed by atoms with Gasteiger partial charge in [-0.25, -0.2) is 0 Å². The second-order valence-corrected chi connectivity index (χ2v) is 5.78. The summed E-state index contributed by atoms with van der Waals surface area (Å²) in [6, 6.07) is 12.7. The number of carbonyl (C=O) groups is 2. The number of fused-ring (bicyclic) bond motifs is 1. The maximum Gasteiger partial charge on any atom is 1.00 e. The number of carboxylic acid groups (broad SMARTS) is 1. The van der Waals surface area contributed by atoms with E-state index in [0.29, 0.717) is 6.42 Å². The average Bonchev–Trinajstić information content (AvgIpc) is 2.54. The third-order valence-electron chi connectivity index (χ3n) is 3.88. The van der Waals surface area contributed by atoms with Gasteiger partial charge in [0.15, 0.2) is 0 Å². The van der Waals surface area contributed by atoms with Gasteiger partial charge in [-0.2, -0.15) is 0 Å². The van der Waals surface area contributed by atoms with E-state index in [-0.39, 0.29) is 41.9 Å². The van der Waals surface area contributed by atoms with Crippen LogP contribution in [0.15, 0.2) is 42.5 Å². The van der Waals surface area contributed by atoms with Gasteiger partial charge in [0.2, 0.25) is 5.91 Å². The van der Waals surface area contributed by atoms with Crippen LogP contribution in [0.2, 0.25) is 0 Å². The van der Waals surface area contributed by atoms with Gasteiger partial charge in [0.25, 0.3) is 0 Å². The van der Waals surface area contributed by atoms with Gasteiger partial charge in [-0.1, -0.05) is 62.2 Å². The van der Waals surface area contributed by atoms with E-state index in [1.165, 1.54) is 0 Å². The summed E-state index contributed by atoms with van der Waals surface area (Å²) in [6.07, 6.45) is 3.35. The Morgan fingerprint density at radius 2 is 1.79 bits per heavy atom. The average molecular weight is 335 g/mol. The van der Waals surface area contributed by atoms with E-state index in [0.717, 1.165) is 35.6 Å². The summed E-state index contributed by atoms with van der Waals surface area (Å²) in [5.74, 6) is -1.48. The van der Waals surface area contributed by atoms with E-state index in [9.17, 15) is 14.7 Å². The Labute approximate surface area is 164 Å². The van der Waals surface area contributed by atoms with Crippen molar-refractivity contribution >= 4 is 22.6 Å². The zero-order valence-corrected chi connectivity index (χ0v) is 16.4. The third kappa shape index (κ3) is 6.27. The van der Waals surface area contributed by atoms with Gasteiger partial charge < -0.3 is 15.2 Å². The maximum absolute atomic E-state index is 11.8. The topological polar surface area (TPSA) is 69.2 Å². The van der Waals surface area contributed by atoms with Crippen molar-refractivity contribution in [2.45, 2.75) is 45.1 Å². The molecule has 0 saturated heterocycles. The van der Waals surface area contributed by atoms with Crippen LogP contribution < -0.4 is 40.0 Å². The molecule has 5 heteroatoms. The van der Waals surface area contributed by atoms with Crippen LogP contribution in [-0.4, -0.2) is 17.9 Å². The van der Waals surface area contributed by atoms with Gasteiger partial charge in [-0.05, 0) is 29.2 Å². The van der Waals surface area contributed by atoms with Crippen molar-refractivity contribution in [3.05, 3.63) is 48.0 Å². The van der Waals surface area contributed by atoms with Crippen molar-refractivity contribution < 1.29 is 44.3 Å². The van der Waals surface area contributed by atoms with E-state index < -0.39 is 12.0 Å². The molecule has 0 radical (unpaired) electrons. The second kappa shape index (κ2) is 10.5. The van der Waals surface area contributed by atoms with Crippen LogP contribution >= 0.6 is 0 Å². The van der Waals surface area contributed by atoms with Crippen LogP contribution in [-0.2, 0) is 16.0 Å². The zero-order chi connectivity index (χ0) is 16.7. The fraction of sp³-hybridized carbons (Fsp3) is 0.368. The number of benzene rings is 2. The van der Waals surface area contributed by atoms with Gasteiger partial charge in [0.1, 0.15) is 0 Å². The van der Waals surface area contributed by atoms with Crippen molar-refractivity contribution in [1.82, 2.24) is 5.32 Å². The summed E-state index contributed by atoms with van der Waals surface area (Å²) >= 11 is 0. The molecule has 2 aromatic rings. The molecule has 0 spiro atoms. The number of hydrogen-bond acceptors (Lipinski definition) is 3. The predicted molar refractivity (Wildman–Crippen MR) is 88.7 cm³/mol. The molecule has 0 saturated carbocycles. The van der Waals surface area contributed by atoms with Crippen molar-refractivity contribution in [3.8, 4) is 0 Å². The van der Waals surface area contributed by atoms with Crippen LogP contribution in [0, 0.1) is 0 Å². The minimum Gasteiger partial charge on any atom is -0.548 e. The Morgan fingerprint density at radius 1 is 1.08 bits per heavy atom. The first-order valence-corrected chi connectivity index (χ1v) is 8.08. The van der Waals surface area contributed by atoms with E-state index in [4.69, 9.17) is 0 Å². The SMILES string of the molecule is CCCCCC(=O)NC(Cc1ccc2ccccc2c1)C(=O)[O-].[Na+]. The Hall–Kier alpha value is -1.36. The van der Waals surface area contributed by atoms with E-state index in [1.54, 1.807) is 0 Å². The van der Waals surface area contributed by atoms with E-state index in [1.807, 2.05) is 42.5 Å². The van der Waals surface area contributed by atoms with E-state index >= 15 is 0 Å². The molecule has 0 fully saturated rings. The fourth-order valence-electron chi connectivity index (χ4n) is 2.60. The molecule has 1 unspecified atom stereocenters. The Morgan fingerprint density at radius 3 is 2.46 bits per heavy atom. The first kappa shape index (κ1) is 20.7. The largest absolute Gasteiger partial charge is 1.00 e. The molecule has 1 atom stereocenters. The monoisotopic (exact) mass is 335 g/mol. The summed E-state index contributed by atoms with van der Waals surface area (Å²) in [5, 5.41) is 16.0. The predicted octanol–water partition coefficient (Wildman–Crippen LogP) is -0.799. The summed E-state index contributed by atoms with van der Waals surface area (Å²) in [7, 11) is 0. The molecule has 2 rings (SSSR count). The molecule has 1 N–H and O–H groups in total. The van der Waals surface area contributed by atoms with Gasteiger partial charge in [-0.15, -0.1) is 0 Å². The molecule has 1 amide bonds. The normalized spacial score (nSPS) is 11.5. The molecule has 0 aromatic heterocycles. The number of aliphatic carboxylic acids is 1. The van der Waals surface area contributed by atoms with Gasteiger partial charge in [-0.3, -0.25) is 4.79 Å². The molecule has 0 heterocycles. The first-order valence-electron chi connectivity index (χ1n) is 8.08. The van der Waals surface area contributed by atoms with Gasteiger partial charge >= 0.3 is 29.6 Å². The number of amides is 1. The standard InChI is InChI=1S/C19H23NO3.Na/c1-2-3-4-9-18(21)20-17(19(22)23)13-14-10-11-15-7-5-6-8-16(15)12-14;/h5-8,10-12,17H,2-4,9,13H2,1H3,(H,20,21)(H,22,23);/q;+1/p-1. The molecule has 0 bridgehead atoms. The van der Waals surface area contributed by atoms with Crippen molar-refractivity contribution in [3.63, 3.8) is 0 Å². The molecule has 2 aromatic carbocycles. The number of unbranched alkanes of at least 4 members (excludes halogenated alkanes) is 2. The van der Waals surface area contributed by atoms with Crippen molar-refractivity contribution in [1.29, 1.82) is 0 Å². The first-order chi connectivity index (χ1) is 11.1. The van der Waals surface area contributed by atoms with Gasteiger partial charge in [0, 0.05) is 6.42 Å². The molecule has 122 valence electrons. The third-order valence-corrected chi connectivity index (χ3v) is 3.88. The second-order valence-electron chi connectivity index (χ2n) is 5.78.